The summed E-state index contributed by atoms with van der Waals surface area (Å²) in [5.74, 6) is 0. The Bertz CT molecular complexity index is 669. The van der Waals surface area contributed by atoms with E-state index in [-0.39, 0.29) is 11.0 Å². The predicted octanol–water partition coefficient (Wildman–Crippen LogP) is 2.35. The van der Waals surface area contributed by atoms with Crippen LogP contribution >= 0.6 is 10.7 Å². The van der Waals surface area contributed by atoms with E-state index in [1.165, 1.54) is 6.07 Å². The third kappa shape index (κ3) is 2.58. The number of anilines is 1. The van der Waals surface area contributed by atoms with Gasteiger partial charge in [0.05, 0.1) is 4.90 Å². The summed E-state index contributed by atoms with van der Waals surface area (Å²) in [7, 11) is 5.54. The Balaban J connectivity index is 0.00000162. The highest BCUT2D eigenvalue weighted by molar-refractivity contribution is 8.14. The van der Waals surface area contributed by atoms with Crippen molar-refractivity contribution in [1.29, 1.82) is 0 Å². The summed E-state index contributed by atoms with van der Waals surface area (Å²) in [4.78, 5) is 2.09. The van der Waals surface area contributed by atoms with Gasteiger partial charge in [-0.1, -0.05) is 24.3 Å². The van der Waals surface area contributed by atoms with Crippen LogP contribution in [0.3, 0.4) is 0 Å². The molecule has 0 aliphatic heterocycles. The van der Waals surface area contributed by atoms with E-state index in [2.05, 4.69) is 0 Å². The lowest BCUT2D eigenvalue weighted by Crippen LogP contribution is -2.09. The fourth-order valence-corrected chi connectivity index (χ4v) is 2.95. The van der Waals surface area contributed by atoms with Gasteiger partial charge in [0.2, 0.25) is 0 Å². The molecule has 0 saturated carbocycles. The van der Waals surface area contributed by atoms with Crippen LogP contribution in [0.5, 0.6) is 0 Å². The van der Waals surface area contributed by atoms with Crippen molar-refractivity contribution < 1.29 is 8.42 Å². The van der Waals surface area contributed by atoms with E-state index in [0.717, 1.165) is 11.1 Å². The van der Waals surface area contributed by atoms with Crippen LogP contribution in [0.25, 0.3) is 10.8 Å². The number of nitrogens with zero attached hydrogens (tertiary/aromatic N) is 2. The summed E-state index contributed by atoms with van der Waals surface area (Å²) in [6.07, 6.45) is 0. The van der Waals surface area contributed by atoms with Crippen LogP contribution in [0.4, 0.5) is 5.69 Å². The first-order chi connectivity index (χ1) is 7.91. The molecule has 95 valence electrons. The molecular formula is C12H12ClN2O2S. The highest BCUT2D eigenvalue weighted by Gasteiger charge is 2.15. The highest BCUT2D eigenvalue weighted by Crippen LogP contribution is 2.31. The van der Waals surface area contributed by atoms with Gasteiger partial charge in [0.15, 0.2) is 0 Å². The van der Waals surface area contributed by atoms with Gasteiger partial charge in [0.1, 0.15) is 0 Å². The molecule has 0 N–H and O–H groups in total. The summed E-state index contributed by atoms with van der Waals surface area (Å²) >= 11 is 0. The quantitative estimate of drug-likeness (QED) is 0.795. The average Bonchev–Trinajstić information content (AvgIpc) is 2.26. The molecule has 0 aromatic heterocycles. The van der Waals surface area contributed by atoms with E-state index in [1.54, 1.807) is 12.1 Å². The van der Waals surface area contributed by atoms with Crippen LogP contribution < -0.4 is 11.1 Å². The zero-order chi connectivity index (χ0) is 12.6. The number of fused-ring (bicyclic) bond motifs is 1. The third-order valence-corrected chi connectivity index (χ3v) is 3.98. The van der Waals surface area contributed by atoms with Crippen LogP contribution in [0, 0.1) is 0 Å². The molecule has 2 aromatic rings. The smallest absolute Gasteiger partial charge is 0.261 e. The number of hydrogen-bond donors (Lipinski definition) is 0. The minimum atomic E-state index is -3.72. The average molecular weight is 284 g/mol. The lowest BCUT2D eigenvalue weighted by atomic mass is 10.1. The second-order valence-electron chi connectivity index (χ2n) is 3.96. The third-order valence-electron chi connectivity index (χ3n) is 2.60. The van der Waals surface area contributed by atoms with Crippen molar-refractivity contribution in [3.63, 3.8) is 0 Å². The Labute approximate surface area is 111 Å². The molecule has 0 amide bonds. The Kier molecular flexibility index (Phi) is 4.21. The largest absolute Gasteiger partial charge is 0.377 e. The lowest BCUT2D eigenvalue weighted by molar-refractivity contribution is 0.610. The van der Waals surface area contributed by atoms with Gasteiger partial charge in [-0.15, -0.1) is 0 Å². The molecule has 3 radical (unpaired) electrons. The number of hydrogen-bond acceptors (Lipinski definition) is 3. The summed E-state index contributed by atoms with van der Waals surface area (Å²) < 4.78 is 23.0. The van der Waals surface area contributed by atoms with E-state index in [9.17, 15) is 8.42 Å². The second-order valence-corrected chi connectivity index (χ2v) is 6.50. The van der Waals surface area contributed by atoms with Gasteiger partial charge in [0, 0.05) is 47.4 Å². The Morgan fingerprint density at radius 3 is 2.11 bits per heavy atom. The van der Waals surface area contributed by atoms with Gasteiger partial charge in [-0.3, -0.25) is 0 Å². The summed E-state index contributed by atoms with van der Waals surface area (Å²) in [6, 6.07) is 10.6. The van der Waals surface area contributed by atoms with Crippen molar-refractivity contribution in [3.8, 4) is 0 Å². The van der Waals surface area contributed by atoms with Crippen molar-refractivity contribution in [2.75, 3.05) is 19.0 Å². The zero-order valence-corrected chi connectivity index (χ0v) is 11.5. The Morgan fingerprint density at radius 1 is 1.00 bits per heavy atom. The van der Waals surface area contributed by atoms with E-state index >= 15 is 0 Å². The van der Waals surface area contributed by atoms with Crippen molar-refractivity contribution >= 4 is 36.2 Å². The summed E-state index contributed by atoms with van der Waals surface area (Å²) in [5, 5.41) is 1.52. The first-order valence-electron chi connectivity index (χ1n) is 5.05. The zero-order valence-electron chi connectivity index (χ0n) is 9.96. The second kappa shape index (κ2) is 5.14. The van der Waals surface area contributed by atoms with Crippen molar-refractivity contribution in [1.82, 2.24) is 6.15 Å². The van der Waals surface area contributed by atoms with Crippen LogP contribution in [0.1, 0.15) is 0 Å². The van der Waals surface area contributed by atoms with E-state index in [4.69, 9.17) is 10.7 Å². The molecule has 0 spiro atoms. The van der Waals surface area contributed by atoms with E-state index in [1.807, 2.05) is 37.2 Å². The fraction of sp³-hybridized carbons (Fsp3) is 0.167. The molecule has 0 atom stereocenters. The Hall–Kier alpha value is -1.30. The van der Waals surface area contributed by atoms with Crippen LogP contribution in [-0.4, -0.2) is 22.5 Å². The molecule has 4 nitrogen and oxygen atoms in total. The molecular weight excluding hydrogens is 272 g/mol. The normalized spacial score (nSPS) is 11.1. The minimum absolute atomic E-state index is 0. The number of halogens is 1. The van der Waals surface area contributed by atoms with Gasteiger partial charge >= 0.3 is 0 Å². The maximum atomic E-state index is 11.5. The van der Waals surface area contributed by atoms with Crippen molar-refractivity contribution in [3.05, 3.63) is 36.4 Å². The molecule has 2 aromatic carbocycles. The highest BCUT2D eigenvalue weighted by atomic mass is 35.7. The van der Waals surface area contributed by atoms with Crippen molar-refractivity contribution in [2.45, 2.75) is 4.90 Å². The van der Waals surface area contributed by atoms with Gasteiger partial charge in [-0.05, 0) is 12.1 Å². The summed E-state index contributed by atoms with van der Waals surface area (Å²) in [6.45, 7) is 0. The first kappa shape index (κ1) is 14.8. The molecule has 0 aliphatic rings. The molecule has 0 unspecified atom stereocenters. The topological polar surface area (TPSA) is 67.9 Å². The molecule has 0 fully saturated rings. The molecule has 6 heteroatoms. The molecule has 0 aliphatic carbocycles. The minimum Gasteiger partial charge on any atom is -0.377 e. The van der Waals surface area contributed by atoms with Crippen LogP contribution in [-0.2, 0) is 9.05 Å². The molecule has 2 rings (SSSR count). The van der Waals surface area contributed by atoms with Gasteiger partial charge in [-0.2, -0.15) is 0 Å². The van der Waals surface area contributed by atoms with Crippen molar-refractivity contribution in [2.24, 2.45) is 0 Å². The standard InChI is InChI=1S/C12H12ClNO2S.N/c1-14(2)11-7-3-6-10-9(11)5-4-8-12(10)17(13,15)16;/h3-8H,1-2H3;. The number of rotatable bonds is 2. The van der Waals surface area contributed by atoms with Crippen LogP contribution in [0.15, 0.2) is 41.3 Å². The maximum absolute atomic E-state index is 11.5. The monoisotopic (exact) mass is 283 g/mol. The van der Waals surface area contributed by atoms with E-state index < -0.39 is 9.05 Å². The van der Waals surface area contributed by atoms with Gasteiger partial charge < -0.3 is 4.90 Å². The Morgan fingerprint density at radius 2 is 1.56 bits per heavy atom. The molecule has 0 saturated heterocycles. The molecule has 18 heavy (non-hydrogen) atoms. The maximum Gasteiger partial charge on any atom is 0.261 e. The molecule has 0 heterocycles. The lowest BCUT2D eigenvalue weighted by Gasteiger charge is -2.16. The van der Waals surface area contributed by atoms with Gasteiger partial charge in [0.25, 0.3) is 9.05 Å². The van der Waals surface area contributed by atoms with Crippen LogP contribution in [0.2, 0.25) is 0 Å². The first-order valence-corrected chi connectivity index (χ1v) is 7.36. The predicted molar refractivity (Wildman–Crippen MR) is 73.4 cm³/mol. The number of benzene rings is 2. The van der Waals surface area contributed by atoms with Gasteiger partial charge in [-0.25, -0.2) is 8.42 Å². The summed E-state index contributed by atoms with van der Waals surface area (Å²) in [5.41, 5.74) is 0.963. The van der Waals surface area contributed by atoms with E-state index in [0.29, 0.717) is 5.39 Å². The fourth-order valence-electron chi connectivity index (χ4n) is 1.87. The molecule has 0 bridgehead atoms. The SMILES string of the molecule is CN(C)c1cccc2c(S(=O)(=O)Cl)cccc12.[N].